The number of carbonyl (C=O) groups is 1. The van der Waals surface area contributed by atoms with E-state index in [9.17, 15) is 4.79 Å². The number of carbonyl (C=O) groups excluding carboxylic acids is 1. The molecule has 1 amide bonds. The van der Waals surface area contributed by atoms with Crippen LogP contribution in [0.15, 0.2) is 55.1 Å². The summed E-state index contributed by atoms with van der Waals surface area (Å²) in [6.45, 7) is 0. The standard InChI is InChI=1S/C29H25ClN8OS/c30-24-9-8-23(40-24)19-14-32-15-22-26(19)36-29(35-22)28-27-21(37-38-28)7-6-20(34-27)17-11-18(13-31-12-17)33-25(39)10-16-4-2-1-3-5-16/h6-9,11-16H,1-5,10H2,(H,33,39)(H,35,36)(H,37,38). The van der Waals surface area contributed by atoms with Crippen molar-refractivity contribution in [3.05, 3.63) is 59.5 Å². The van der Waals surface area contributed by atoms with Crippen molar-refractivity contribution in [3.8, 4) is 33.2 Å². The van der Waals surface area contributed by atoms with Gasteiger partial charge in [0, 0.05) is 34.8 Å². The Balaban J connectivity index is 1.19. The first-order valence-electron chi connectivity index (χ1n) is 13.3. The Morgan fingerprint density at radius 1 is 0.975 bits per heavy atom. The van der Waals surface area contributed by atoms with Crippen LogP contribution < -0.4 is 5.32 Å². The normalized spacial score (nSPS) is 14.2. The van der Waals surface area contributed by atoms with Crippen molar-refractivity contribution in [3.63, 3.8) is 0 Å². The van der Waals surface area contributed by atoms with Gasteiger partial charge in [-0.3, -0.25) is 19.9 Å². The first-order chi connectivity index (χ1) is 19.6. The summed E-state index contributed by atoms with van der Waals surface area (Å²) in [6, 6.07) is 9.59. The van der Waals surface area contributed by atoms with Crippen LogP contribution in [0.2, 0.25) is 4.34 Å². The predicted octanol–water partition coefficient (Wildman–Crippen LogP) is 7.25. The molecule has 6 heterocycles. The number of fused-ring (bicyclic) bond motifs is 2. The number of halogens is 1. The van der Waals surface area contributed by atoms with Crippen LogP contribution in [0.25, 0.3) is 55.3 Å². The molecule has 1 saturated carbocycles. The molecule has 0 unspecified atom stereocenters. The number of aromatic nitrogens is 7. The van der Waals surface area contributed by atoms with E-state index in [0.717, 1.165) is 51.1 Å². The number of pyridine rings is 3. The van der Waals surface area contributed by atoms with E-state index >= 15 is 0 Å². The third-order valence-corrected chi connectivity index (χ3v) is 8.65. The van der Waals surface area contributed by atoms with E-state index in [4.69, 9.17) is 21.6 Å². The molecule has 11 heteroatoms. The van der Waals surface area contributed by atoms with Crippen LogP contribution in [0.4, 0.5) is 5.69 Å². The van der Waals surface area contributed by atoms with Gasteiger partial charge < -0.3 is 10.3 Å². The summed E-state index contributed by atoms with van der Waals surface area (Å²) in [6.07, 6.45) is 13.5. The Bertz CT molecular complexity index is 1850. The highest BCUT2D eigenvalue weighted by Gasteiger charge is 2.19. The number of H-pyrrole nitrogens is 2. The maximum atomic E-state index is 12.7. The zero-order valence-electron chi connectivity index (χ0n) is 21.4. The fourth-order valence-electron chi connectivity index (χ4n) is 5.42. The van der Waals surface area contributed by atoms with E-state index in [0.29, 0.717) is 39.4 Å². The lowest BCUT2D eigenvalue weighted by molar-refractivity contribution is -0.117. The molecule has 1 fully saturated rings. The number of hydrogen-bond donors (Lipinski definition) is 3. The van der Waals surface area contributed by atoms with Gasteiger partial charge >= 0.3 is 0 Å². The molecule has 6 aromatic rings. The topological polar surface area (TPSA) is 125 Å². The quantitative estimate of drug-likeness (QED) is 0.194. The van der Waals surface area contributed by atoms with Crippen LogP contribution in [0.3, 0.4) is 0 Å². The van der Waals surface area contributed by atoms with Gasteiger partial charge in [0.25, 0.3) is 0 Å². The van der Waals surface area contributed by atoms with Gasteiger partial charge in [-0.2, -0.15) is 5.10 Å². The monoisotopic (exact) mass is 568 g/mol. The zero-order chi connectivity index (χ0) is 27.1. The van der Waals surface area contributed by atoms with Crippen molar-refractivity contribution >= 4 is 56.6 Å². The van der Waals surface area contributed by atoms with Gasteiger partial charge in [-0.1, -0.05) is 30.9 Å². The van der Waals surface area contributed by atoms with Crippen LogP contribution in [0, 0.1) is 5.92 Å². The largest absolute Gasteiger partial charge is 0.335 e. The average Bonchev–Trinajstić information content (AvgIpc) is 3.71. The Morgan fingerprint density at radius 2 is 1.85 bits per heavy atom. The first-order valence-corrected chi connectivity index (χ1v) is 14.5. The molecule has 40 heavy (non-hydrogen) atoms. The number of nitrogens with one attached hydrogen (secondary N) is 3. The van der Waals surface area contributed by atoms with Gasteiger partial charge in [-0.15, -0.1) is 11.3 Å². The molecule has 0 aromatic carbocycles. The number of thiophene rings is 1. The Morgan fingerprint density at radius 3 is 2.70 bits per heavy atom. The van der Waals surface area contributed by atoms with Crippen molar-refractivity contribution in [1.82, 2.24) is 35.1 Å². The molecule has 3 N–H and O–H groups in total. The molecule has 1 aliphatic carbocycles. The van der Waals surface area contributed by atoms with Gasteiger partial charge in [0.05, 0.1) is 39.1 Å². The molecule has 7 rings (SSSR count). The summed E-state index contributed by atoms with van der Waals surface area (Å²) in [4.78, 5) is 35.5. The lowest BCUT2D eigenvalue weighted by Gasteiger charge is -2.20. The minimum Gasteiger partial charge on any atom is -0.335 e. The lowest BCUT2D eigenvalue weighted by atomic mass is 9.87. The SMILES string of the molecule is O=C(CC1CCCCC1)Nc1cncc(-c2ccc3[nH]nc(-c4nc5c(-c6ccc(Cl)s6)cncc5[nH]4)c3n2)c1. The number of aromatic amines is 2. The van der Waals surface area contributed by atoms with Crippen LogP contribution in [0.1, 0.15) is 38.5 Å². The fraction of sp³-hybridized carbons (Fsp3) is 0.241. The van der Waals surface area contributed by atoms with E-state index in [1.807, 2.05) is 30.3 Å². The van der Waals surface area contributed by atoms with Gasteiger partial charge in [0.15, 0.2) is 11.5 Å². The molecule has 0 radical (unpaired) electrons. The van der Waals surface area contributed by atoms with Crippen molar-refractivity contribution in [1.29, 1.82) is 0 Å². The second-order valence-corrected chi connectivity index (χ2v) is 11.9. The molecule has 0 spiro atoms. The summed E-state index contributed by atoms with van der Waals surface area (Å²) in [7, 11) is 0. The molecular weight excluding hydrogens is 544 g/mol. The number of nitrogens with zero attached hydrogens (tertiary/aromatic N) is 5. The maximum Gasteiger partial charge on any atom is 0.224 e. The lowest BCUT2D eigenvalue weighted by Crippen LogP contribution is -2.18. The van der Waals surface area contributed by atoms with E-state index in [2.05, 4.69) is 30.5 Å². The van der Waals surface area contributed by atoms with E-state index in [-0.39, 0.29) is 5.91 Å². The number of anilines is 1. The minimum absolute atomic E-state index is 0.0370. The minimum atomic E-state index is 0.0370. The Hall–Kier alpha value is -4.15. The first kappa shape index (κ1) is 24.9. The number of hydrogen-bond acceptors (Lipinski definition) is 7. The zero-order valence-corrected chi connectivity index (χ0v) is 23.0. The maximum absolute atomic E-state index is 12.7. The molecule has 0 aliphatic heterocycles. The number of rotatable bonds is 6. The Kier molecular flexibility index (Phi) is 6.49. The van der Waals surface area contributed by atoms with Crippen LogP contribution in [0.5, 0.6) is 0 Å². The third kappa shape index (κ3) is 4.84. The Labute approximate surface area is 238 Å². The van der Waals surface area contributed by atoms with Gasteiger partial charge in [0.2, 0.25) is 5.91 Å². The van der Waals surface area contributed by atoms with Crippen molar-refractivity contribution in [2.45, 2.75) is 38.5 Å². The fourth-order valence-corrected chi connectivity index (χ4v) is 6.48. The van der Waals surface area contributed by atoms with E-state index < -0.39 is 0 Å². The highest BCUT2D eigenvalue weighted by atomic mass is 35.5. The highest BCUT2D eigenvalue weighted by molar-refractivity contribution is 7.19. The molecular formula is C29H25ClN8OS. The summed E-state index contributed by atoms with van der Waals surface area (Å²) in [5, 5.41) is 10.6. The van der Waals surface area contributed by atoms with E-state index in [1.54, 1.807) is 24.8 Å². The molecule has 9 nitrogen and oxygen atoms in total. The van der Waals surface area contributed by atoms with Crippen LogP contribution in [-0.2, 0) is 4.79 Å². The molecule has 0 bridgehead atoms. The molecule has 1 aliphatic rings. The molecule has 200 valence electrons. The molecule has 6 aromatic heterocycles. The summed E-state index contributed by atoms with van der Waals surface area (Å²) in [5.41, 5.74) is 6.74. The summed E-state index contributed by atoms with van der Waals surface area (Å²) < 4.78 is 0.708. The van der Waals surface area contributed by atoms with Crippen molar-refractivity contribution < 1.29 is 4.79 Å². The van der Waals surface area contributed by atoms with E-state index in [1.165, 1.54) is 30.6 Å². The molecule has 0 atom stereocenters. The van der Waals surface area contributed by atoms with Gasteiger partial charge in [-0.25, -0.2) is 9.97 Å². The van der Waals surface area contributed by atoms with Crippen LogP contribution >= 0.6 is 22.9 Å². The third-order valence-electron chi connectivity index (χ3n) is 7.38. The van der Waals surface area contributed by atoms with Crippen molar-refractivity contribution in [2.75, 3.05) is 5.32 Å². The summed E-state index contributed by atoms with van der Waals surface area (Å²) >= 11 is 7.66. The summed E-state index contributed by atoms with van der Waals surface area (Å²) in [5.74, 6) is 1.10. The smallest absolute Gasteiger partial charge is 0.224 e. The predicted molar refractivity (Wildman–Crippen MR) is 158 cm³/mol. The van der Waals surface area contributed by atoms with Crippen molar-refractivity contribution in [2.24, 2.45) is 5.92 Å². The number of amides is 1. The van der Waals surface area contributed by atoms with Gasteiger partial charge in [-0.05, 0) is 49.1 Å². The van der Waals surface area contributed by atoms with Crippen LogP contribution in [-0.4, -0.2) is 41.0 Å². The molecule has 0 saturated heterocycles. The second kappa shape index (κ2) is 10.4. The average molecular weight is 569 g/mol. The van der Waals surface area contributed by atoms with Gasteiger partial charge in [0.1, 0.15) is 11.0 Å². The number of imidazole rings is 1. The highest BCUT2D eigenvalue weighted by Crippen LogP contribution is 2.36. The second-order valence-electron chi connectivity index (χ2n) is 10.2.